The lowest BCUT2D eigenvalue weighted by Crippen LogP contribution is -3.06. The highest BCUT2D eigenvalue weighted by Crippen LogP contribution is 2.38. The standard InChI is InChI=1S/C24H28N2O5/c1-15(2)31-19-11-7-17(8-12-19)22(28)20-21(16-5-9-18(27)10-6-16)26(14-13-25(3)4)24(30)23(20)29/h5-12,15,21,27-28H,13-14H2,1-4H3. The van der Waals surface area contributed by atoms with Crippen molar-refractivity contribution in [2.45, 2.75) is 26.0 Å². The highest BCUT2D eigenvalue weighted by atomic mass is 16.5. The normalized spacial score (nSPS) is 18.3. The molecule has 1 saturated heterocycles. The number of phenolic OH excluding ortho intramolecular Hbond substituents is 1. The summed E-state index contributed by atoms with van der Waals surface area (Å²) < 4.78 is 5.61. The van der Waals surface area contributed by atoms with E-state index in [1.807, 2.05) is 27.9 Å². The minimum Gasteiger partial charge on any atom is -0.872 e. The molecule has 0 bridgehead atoms. The lowest BCUT2D eigenvalue weighted by Gasteiger charge is -2.27. The van der Waals surface area contributed by atoms with Crippen molar-refractivity contribution in [3.63, 3.8) is 0 Å². The Morgan fingerprint density at radius 1 is 1.10 bits per heavy atom. The summed E-state index contributed by atoms with van der Waals surface area (Å²) in [7, 11) is 3.91. The van der Waals surface area contributed by atoms with Gasteiger partial charge < -0.3 is 24.7 Å². The summed E-state index contributed by atoms with van der Waals surface area (Å²) in [6.07, 6.45) is -0.00350. The first kappa shape index (κ1) is 22.4. The van der Waals surface area contributed by atoms with Crippen molar-refractivity contribution in [3.05, 3.63) is 65.2 Å². The van der Waals surface area contributed by atoms with E-state index in [0.717, 1.165) is 4.90 Å². The zero-order chi connectivity index (χ0) is 22.7. The Kier molecular flexibility index (Phi) is 6.65. The molecule has 164 valence electrons. The molecule has 1 fully saturated rings. The highest BCUT2D eigenvalue weighted by molar-refractivity contribution is 6.46. The van der Waals surface area contributed by atoms with Crippen LogP contribution < -0.4 is 14.7 Å². The monoisotopic (exact) mass is 424 g/mol. The fourth-order valence-corrected chi connectivity index (χ4v) is 3.56. The second kappa shape index (κ2) is 9.22. The van der Waals surface area contributed by atoms with Crippen LogP contribution in [0.25, 0.3) is 5.76 Å². The SMILES string of the molecule is CC(C)Oc1ccc(C([O-])=C2C(=O)C(=O)N(CC[NH+](C)C)C2c2ccc(O)cc2)cc1. The van der Waals surface area contributed by atoms with Crippen molar-refractivity contribution in [1.82, 2.24) is 4.90 Å². The number of benzene rings is 2. The molecule has 1 aliphatic rings. The number of likely N-dealkylation sites (N-methyl/N-ethyl adjacent to an activating group) is 1. The Morgan fingerprint density at radius 2 is 1.71 bits per heavy atom. The van der Waals surface area contributed by atoms with Crippen LogP contribution in [-0.4, -0.2) is 55.0 Å². The summed E-state index contributed by atoms with van der Waals surface area (Å²) >= 11 is 0. The zero-order valence-electron chi connectivity index (χ0n) is 18.2. The van der Waals surface area contributed by atoms with Crippen molar-refractivity contribution in [3.8, 4) is 11.5 Å². The van der Waals surface area contributed by atoms with E-state index >= 15 is 0 Å². The molecular formula is C24H28N2O5. The van der Waals surface area contributed by atoms with Crippen molar-refractivity contribution in [1.29, 1.82) is 0 Å². The van der Waals surface area contributed by atoms with Gasteiger partial charge in [0.2, 0.25) is 5.78 Å². The maximum atomic E-state index is 13.3. The van der Waals surface area contributed by atoms with E-state index in [9.17, 15) is 19.8 Å². The first-order valence-corrected chi connectivity index (χ1v) is 10.3. The molecule has 2 N–H and O–H groups in total. The molecule has 1 atom stereocenters. The van der Waals surface area contributed by atoms with E-state index in [4.69, 9.17) is 4.74 Å². The van der Waals surface area contributed by atoms with E-state index < -0.39 is 23.5 Å². The Bertz CT molecular complexity index is 978. The minimum atomic E-state index is -0.793. The summed E-state index contributed by atoms with van der Waals surface area (Å²) in [6, 6.07) is 12.0. The summed E-state index contributed by atoms with van der Waals surface area (Å²) in [6.45, 7) is 4.76. The first-order chi connectivity index (χ1) is 14.7. The van der Waals surface area contributed by atoms with Gasteiger partial charge in [0.15, 0.2) is 0 Å². The average molecular weight is 424 g/mol. The van der Waals surface area contributed by atoms with Crippen LogP contribution in [0, 0.1) is 0 Å². The molecule has 0 saturated carbocycles. The lowest BCUT2D eigenvalue weighted by atomic mass is 9.95. The molecule has 31 heavy (non-hydrogen) atoms. The van der Waals surface area contributed by atoms with Crippen LogP contribution in [0.3, 0.4) is 0 Å². The van der Waals surface area contributed by atoms with Crippen LogP contribution in [-0.2, 0) is 9.59 Å². The number of likely N-dealkylation sites (tertiary alicyclic amines) is 1. The number of aromatic hydroxyl groups is 1. The number of amides is 1. The van der Waals surface area contributed by atoms with Gasteiger partial charge in [-0.05, 0) is 49.2 Å². The summed E-state index contributed by atoms with van der Waals surface area (Å²) in [5.74, 6) is -1.25. The largest absolute Gasteiger partial charge is 0.872 e. The Morgan fingerprint density at radius 3 is 2.26 bits per heavy atom. The van der Waals surface area contributed by atoms with E-state index in [2.05, 4.69) is 0 Å². The summed E-state index contributed by atoms with van der Waals surface area (Å²) in [5, 5.41) is 23.0. The Labute approximate surface area is 182 Å². The molecule has 1 heterocycles. The number of Topliss-reactive ketones (excluding diaryl/α,β-unsaturated/α-hetero) is 1. The molecular weight excluding hydrogens is 396 g/mol. The third-order valence-corrected chi connectivity index (χ3v) is 5.08. The van der Waals surface area contributed by atoms with Crippen LogP contribution >= 0.6 is 0 Å². The van der Waals surface area contributed by atoms with Crippen molar-refractivity contribution in [2.24, 2.45) is 0 Å². The number of phenols is 1. The van der Waals surface area contributed by atoms with Crippen LogP contribution in [0.2, 0.25) is 0 Å². The van der Waals surface area contributed by atoms with Gasteiger partial charge >= 0.3 is 0 Å². The first-order valence-electron chi connectivity index (χ1n) is 10.3. The molecule has 0 aromatic heterocycles. The second-order valence-electron chi connectivity index (χ2n) is 8.21. The Hall–Kier alpha value is -3.32. The number of carbonyl (C=O) groups excluding carboxylic acids is 2. The van der Waals surface area contributed by atoms with Gasteiger partial charge in [0, 0.05) is 5.57 Å². The topological polar surface area (TPSA) is 94.3 Å². The molecule has 7 heteroatoms. The van der Waals surface area contributed by atoms with Gasteiger partial charge in [0.25, 0.3) is 5.91 Å². The number of nitrogens with zero attached hydrogens (tertiary/aromatic N) is 1. The summed E-state index contributed by atoms with van der Waals surface area (Å²) in [5.41, 5.74) is 0.854. The van der Waals surface area contributed by atoms with Gasteiger partial charge in [-0.3, -0.25) is 9.59 Å². The minimum absolute atomic E-state index is 0.00350. The Balaban J connectivity index is 2.06. The number of hydrogen-bond donors (Lipinski definition) is 2. The van der Waals surface area contributed by atoms with Crippen LogP contribution in [0.1, 0.15) is 31.0 Å². The molecule has 0 spiro atoms. The van der Waals surface area contributed by atoms with Gasteiger partial charge in [-0.1, -0.05) is 30.0 Å². The van der Waals surface area contributed by atoms with Gasteiger partial charge in [-0.15, -0.1) is 0 Å². The highest BCUT2D eigenvalue weighted by Gasteiger charge is 2.44. The van der Waals surface area contributed by atoms with Crippen LogP contribution in [0.15, 0.2) is 54.1 Å². The third-order valence-electron chi connectivity index (χ3n) is 5.08. The number of ether oxygens (including phenoxy) is 1. The maximum Gasteiger partial charge on any atom is 0.295 e. The van der Waals surface area contributed by atoms with Gasteiger partial charge in [0.1, 0.15) is 11.5 Å². The molecule has 7 nitrogen and oxygen atoms in total. The lowest BCUT2D eigenvalue weighted by molar-refractivity contribution is -0.857. The van der Waals surface area contributed by atoms with Crippen molar-refractivity contribution >= 4 is 17.4 Å². The zero-order valence-corrected chi connectivity index (χ0v) is 18.2. The van der Waals surface area contributed by atoms with Gasteiger partial charge in [0.05, 0.1) is 39.3 Å². The predicted octanol–water partition coefficient (Wildman–Crippen LogP) is 0.548. The average Bonchev–Trinajstić information content (AvgIpc) is 2.97. The molecule has 1 aliphatic heterocycles. The number of nitrogens with one attached hydrogen (secondary N) is 1. The number of rotatable bonds is 7. The van der Waals surface area contributed by atoms with Gasteiger partial charge in [-0.25, -0.2) is 0 Å². The van der Waals surface area contributed by atoms with Gasteiger partial charge in [-0.2, -0.15) is 0 Å². The molecule has 3 rings (SSSR count). The molecule has 2 aromatic carbocycles. The smallest absolute Gasteiger partial charge is 0.295 e. The number of carbonyl (C=O) groups is 2. The fraction of sp³-hybridized carbons (Fsp3) is 0.333. The summed E-state index contributed by atoms with van der Waals surface area (Å²) in [4.78, 5) is 28.3. The quantitative estimate of drug-likeness (QED) is 0.385. The molecule has 1 amide bonds. The molecule has 2 aromatic rings. The van der Waals surface area contributed by atoms with Crippen molar-refractivity contribution < 1.29 is 29.4 Å². The predicted molar refractivity (Wildman–Crippen MR) is 114 cm³/mol. The van der Waals surface area contributed by atoms with Crippen molar-refractivity contribution in [2.75, 3.05) is 27.2 Å². The van der Waals surface area contributed by atoms with Crippen LogP contribution in [0.4, 0.5) is 0 Å². The number of quaternary nitrogens is 1. The molecule has 0 radical (unpaired) electrons. The molecule has 0 aliphatic carbocycles. The third kappa shape index (κ3) is 4.88. The maximum absolute atomic E-state index is 13.3. The fourth-order valence-electron chi connectivity index (χ4n) is 3.56. The van der Waals surface area contributed by atoms with E-state index in [1.54, 1.807) is 36.4 Å². The molecule has 1 unspecified atom stereocenters. The number of ketones is 1. The van der Waals surface area contributed by atoms with Crippen LogP contribution in [0.5, 0.6) is 11.5 Å². The van der Waals surface area contributed by atoms with E-state index in [0.29, 0.717) is 30.0 Å². The number of hydrogen-bond acceptors (Lipinski definition) is 5. The van der Waals surface area contributed by atoms with E-state index in [1.165, 1.54) is 17.0 Å². The van der Waals surface area contributed by atoms with E-state index in [-0.39, 0.29) is 17.4 Å². The second-order valence-corrected chi connectivity index (χ2v) is 8.21.